The lowest BCUT2D eigenvalue weighted by molar-refractivity contribution is 0.177. The molecule has 1 unspecified atom stereocenters. The summed E-state index contributed by atoms with van der Waals surface area (Å²) in [4.78, 5) is 0. The zero-order valence-corrected chi connectivity index (χ0v) is 11.8. The number of benzene rings is 2. The van der Waals surface area contributed by atoms with E-state index in [9.17, 15) is 9.50 Å². The molecule has 0 spiro atoms. The molecule has 1 nitrogen and oxygen atoms in total. The Hall–Kier alpha value is -1.09. The third-order valence-corrected chi connectivity index (χ3v) is 3.62. The van der Waals surface area contributed by atoms with E-state index < -0.39 is 6.10 Å². The predicted octanol–water partition coefficient (Wildman–Crippen LogP) is 4.72. The summed E-state index contributed by atoms with van der Waals surface area (Å²) in [5.74, 6) is -0.362. The Morgan fingerprint density at radius 3 is 2.58 bits per heavy atom. The standard InChI is InChI=1S/C15H13Cl2FO/c1-9-6-11(16)2-4-13(9)15(19)8-10-7-12(18)3-5-14(10)17/h2-7,15,19H,8H2,1H3. The van der Waals surface area contributed by atoms with Gasteiger partial charge in [0.05, 0.1) is 6.10 Å². The summed E-state index contributed by atoms with van der Waals surface area (Å²) in [6.07, 6.45) is -0.476. The Bertz CT molecular complexity index is 599. The van der Waals surface area contributed by atoms with E-state index in [-0.39, 0.29) is 12.2 Å². The Morgan fingerprint density at radius 2 is 1.89 bits per heavy atom. The lowest BCUT2D eigenvalue weighted by Gasteiger charge is -2.15. The molecule has 4 heteroatoms. The fourth-order valence-electron chi connectivity index (χ4n) is 2.03. The van der Waals surface area contributed by atoms with Gasteiger partial charge in [-0.15, -0.1) is 0 Å². The average Bonchev–Trinajstić information content (AvgIpc) is 2.33. The van der Waals surface area contributed by atoms with Gasteiger partial charge in [-0.1, -0.05) is 29.3 Å². The molecule has 0 aliphatic heterocycles. The van der Waals surface area contributed by atoms with Crippen molar-refractivity contribution in [3.8, 4) is 0 Å². The first-order valence-corrected chi connectivity index (χ1v) is 6.61. The van der Waals surface area contributed by atoms with Crippen LogP contribution >= 0.6 is 23.2 Å². The molecule has 0 fully saturated rings. The summed E-state index contributed by atoms with van der Waals surface area (Å²) in [6.45, 7) is 1.87. The van der Waals surface area contributed by atoms with Gasteiger partial charge in [0.15, 0.2) is 0 Å². The molecule has 100 valence electrons. The molecule has 2 aromatic carbocycles. The second kappa shape index (κ2) is 5.91. The number of hydrogen-bond donors (Lipinski definition) is 1. The Morgan fingerprint density at radius 1 is 1.16 bits per heavy atom. The second-order valence-electron chi connectivity index (χ2n) is 4.46. The van der Waals surface area contributed by atoms with Crippen LogP contribution in [0, 0.1) is 12.7 Å². The highest BCUT2D eigenvalue weighted by Gasteiger charge is 2.14. The van der Waals surface area contributed by atoms with E-state index in [1.54, 1.807) is 18.2 Å². The minimum absolute atomic E-state index is 0.263. The number of aliphatic hydroxyl groups excluding tert-OH is 1. The van der Waals surface area contributed by atoms with Crippen molar-refractivity contribution in [2.45, 2.75) is 19.4 Å². The molecule has 1 N–H and O–H groups in total. The van der Waals surface area contributed by atoms with Crippen LogP contribution in [0.3, 0.4) is 0 Å². The molecular formula is C15H13Cl2FO. The van der Waals surface area contributed by atoms with Crippen LogP contribution in [-0.4, -0.2) is 5.11 Å². The fourth-order valence-corrected chi connectivity index (χ4v) is 2.45. The van der Waals surface area contributed by atoms with Crippen molar-refractivity contribution in [3.05, 3.63) is 69.0 Å². The van der Waals surface area contributed by atoms with Gasteiger partial charge in [0.25, 0.3) is 0 Å². The molecule has 0 amide bonds. The van der Waals surface area contributed by atoms with Gasteiger partial charge in [-0.25, -0.2) is 4.39 Å². The first-order chi connectivity index (χ1) is 8.97. The van der Waals surface area contributed by atoms with Crippen LogP contribution in [0.25, 0.3) is 0 Å². The van der Waals surface area contributed by atoms with Gasteiger partial charge in [0.1, 0.15) is 5.82 Å². The summed E-state index contributed by atoms with van der Waals surface area (Å²) < 4.78 is 13.2. The van der Waals surface area contributed by atoms with Crippen molar-refractivity contribution in [2.75, 3.05) is 0 Å². The lowest BCUT2D eigenvalue weighted by Crippen LogP contribution is -2.04. The van der Waals surface area contributed by atoms with Crippen LogP contribution < -0.4 is 0 Å². The van der Waals surface area contributed by atoms with E-state index in [1.165, 1.54) is 18.2 Å². The average molecular weight is 299 g/mol. The summed E-state index contributed by atoms with van der Waals surface area (Å²) in [5, 5.41) is 11.3. The molecule has 2 rings (SSSR count). The van der Waals surface area contributed by atoms with Crippen LogP contribution in [0.2, 0.25) is 10.0 Å². The normalized spacial score (nSPS) is 12.5. The van der Waals surface area contributed by atoms with Crippen molar-refractivity contribution >= 4 is 23.2 Å². The number of rotatable bonds is 3. The molecule has 0 bridgehead atoms. The molecule has 0 saturated heterocycles. The molecule has 0 heterocycles. The number of aryl methyl sites for hydroxylation is 1. The smallest absolute Gasteiger partial charge is 0.123 e. The molecule has 1 atom stereocenters. The molecule has 0 radical (unpaired) electrons. The van der Waals surface area contributed by atoms with Gasteiger partial charge in [-0.3, -0.25) is 0 Å². The largest absolute Gasteiger partial charge is 0.388 e. The first-order valence-electron chi connectivity index (χ1n) is 5.85. The minimum Gasteiger partial charge on any atom is -0.388 e. The molecule has 2 aromatic rings. The van der Waals surface area contributed by atoms with Crippen molar-refractivity contribution in [2.24, 2.45) is 0 Å². The minimum atomic E-state index is -0.739. The highest BCUT2D eigenvalue weighted by atomic mass is 35.5. The van der Waals surface area contributed by atoms with Crippen molar-refractivity contribution in [1.82, 2.24) is 0 Å². The summed E-state index contributed by atoms with van der Waals surface area (Å²) in [6, 6.07) is 9.42. The van der Waals surface area contributed by atoms with Crippen LogP contribution in [0.1, 0.15) is 22.8 Å². The van der Waals surface area contributed by atoms with Gasteiger partial charge < -0.3 is 5.11 Å². The maximum Gasteiger partial charge on any atom is 0.123 e. The SMILES string of the molecule is Cc1cc(Cl)ccc1C(O)Cc1cc(F)ccc1Cl. The highest BCUT2D eigenvalue weighted by Crippen LogP contribution is 2.27. The quantitative estimate of drug-likeness (QED) is 0.869. The number of aliphatic hydroxyl groups is 1. The van der Waals surface area contributed by atoms with Crippen LogP contribution in [0.5, 0.6) is 0 Å². The zero-order chi connectivity index (χ0) is 14.0. The monoisotopic (exact) mass is 298 g/mol. The van der Waals surface area contributed by atoms with Crippen molar-refractivity contribution in [1.29, 1.82) is 0 Å². The lowest BCUT2D eigenvalue weighted by atomic mass is 9.98. The van der Waals surface area contributed by atoms with Gasteiger partial charge in [-0.05, 0) is 53.9 Å². The number of halogens is 3. The van der Waals surface area contributed by atoms with Crippen LogP contribution in [0.15, 0.2) is 36.4 Å². The molecular weight excluding hydrogens is 286 g/mol. The predicted molar refractivity (Wildman–Crippen MR) is 76.3 cm³/mol. The van der Waals surface area contributed by atoms with Crippen LogP contribution in [-0.2, 0) is 6.42 Å². The summed E-state index contributed by atoms with van der Waals surface area (Å²) in [7, 11) is 0. The maximum absolute atomic E-state index is 13.2. The van der Waals surface area contributed by atoms with Crippen molar-refractivity contribution < 1.29 is 9.50 Å². The Kier molecular flexibility index (Phi) is 4.46. The summed E-state index contributed by atoms with van der Waals surface area (Å²) in [5.41, 5.74) is 2.25. The first kappa shape index (κ1) is 14.3. The van der Waals surface area contributed by atoms with Gasteiger partial charge >= 0.3 is 0 Å². The molecule has 0 aromatic heterocycles. The third kappa shape index (κ3) is 3.47. The van der Waals surface area contributed by atoms with Gasteiger partial charge in [0.2, 0.25) is 0 Å². The number of hydrogen-bond acceptors (Lipinski definition) is 1. The molecule has 19 heavy (non-hydrogen) atoms. The Balaban J connectivity index is 2.25. The van der Waals surface area contributed by atoms with E-state index in [0.29, 0.717) is 15.6 Å². The van der Waals surface area contributed by atoms with E-state index in [2.05, 4.69) is 0 Å². The highest BCUT2D eigenvalue weighted by molar-refractivity contribution is 6.31. The van der Waals surface area contributed by atoms with E-state index in [4.69, 9.17) is 23.2 Å². The van der Waals surface area contributed by atoms with E-state index in [0.717, 1.165) is 11.1 Å². The zero-order valence-electron chi connectivity index (χ0n) is 10.3. The van der Waals surface area contributed by atoms with Crippen molar-refractivity contribution in [3.63, 3.8) is 0 Å². The molecule has 0 aliphatic carbocycles. The van der Waals surface area contributed by atoms with Gasteiger partial charge in [-0.2, -0.15) is 0 Å². The molecule has 0 aliphatic rings. The fraction of sp³-hybridized carbons (Fsp3) is 0.200. The van der Waals surface area contributed by atoms with Gasteiger partial charge in [0, 0.05) is 16.5 Å². The summed E-state index contributed by atoms with van der Waals surface area (Å²) >= 11 is 11.9. The topological polar surface area (TPSA) is 20.2 Å². The maximum atomic E-state index is 13.2. The van der Waals surface area contributed by atoms with E-state index in [1.807, 2.05) is 6.92 Å². The second-order valence-corrected chi connectivity index (χ2v) is 5.30. The molecule has 0 saturated carbocycles. The van der Waals surface area contributed by atoms with E-state index >= 15 is 0 Å². The third-order valence-electron chi connectivity index (χ3n) is 3.01. The Labute approximate surface area is 121 Å². The van der Waals surface area contributed by atoms with Crippen LogP contribution in [0.4, 0.5) is 4.39 Å².